The molecule has 1 aliphatic rings. The number of nitrogens with zero attached hydrogens (tertiary/aromatic N) is 1. The average Bonchev–Trinajstić information content (AvgIpc) is 2.96. The molecule has 0 saturated heterocycles. The normalized spacial score (nSPS) is 14.9. The van der Waals surface area contributed by atoms with Gasteiger partial charge in [0.25, 0.3) is 5.91 Å². The molecule has 7 heteroatoms. The standard InChI is InChI=1S/C19H15Cl2NO4/c20-13-7-5-12(6-8-13)9-16(19(24)25)22-11-14(10-18(22)23)26-17-4-2-1-3-15(17)21/h1-8,10,16H,9,11H2,(H,24,25)/t16-/m0/s1. The van der Waals surface area contributed by atoms with E-state index in [-0.39, 0.29) is 13.0 Å². The minimum atomic E-state index is -1.08. The van der Waals surface area contributed by atoms with Crippen molar-refractivity contribution in [2.24, 2.45) is 0 Å². The summed E-state index contributed by atoms with van der Waals surface area (Å²) in [6.07, 6.45) is 1.46. The molecule has 0 radical (unpaired) electrons. The first-order chi connectivity index (χ1) is 12.4. The van der Waals surface area contributed by atoms with Crippen molar-refractivity contribution in [2.45, 2.75) is 12.5 Å². The van der Waals surface area contributed by atoms with Crippen LogP contribution in [0.5, 0.6) is 5.75 Å². The summed E-state index contributed by atoms with van der Waals surface area (Å²) in [5, 5.41) is 10.6. The van der Waals surface area contributed by atoms with E-state index in [1.54, 1.807) is 48.5 Å². The third-order valence-corrected chi connectivity index (χ3v) is 4.54. The van der Waals surface area contributed by atoms with E-state index in [2.05, 4.69) is 0 Å². The molecule has 1 aliphatic heterocycles. The Morgan fingerprint density at radius 2 is 1.85 bits per heavy atom. The van der Waals surface area contributed by atoms with Gasteiger partial charge in [-0.25, -0.2) is 4.79 Å². The molecule has 0 aliphatic carbocycles. The number of hydrogen-bond acceptors (Lipinski definition) is 3. The highest BCUT2D eigenvalue weighted by Crippen LogP contribution is 2.27. The fraction of sp³-hybridized carbons (Fsp3) is 0.158. The van der Waals surface area contributed by atoms with Crippen LogP contribution in [-0.2, 0) is 16.0 Å². The van der Waals surface area contributed by atoms with Gasteiger partial charge in [0.05, 0.1) is 11.6 Å². The van der Waals surface area contributed by atoms with Gasteiger partial charge in [-0.15, -0.1) is 0 Å². The van der Waals surface area contributed by atoms with Gasteiger partial charge in [0.15, 0.2) is 0 Å². The first-order valence-corrected chi connectivity index (χ1v) is 8.60. The molecule has 2 aromatic carbocycles. The largest absolute Gasteiger partial charge is 0.480 e. The van der Waals surface area contributed by atoms with Crippen LogP contribution in [0.2, 0.25) is 10.0 Å². The number of carbonyl (C=O) groups excluding carboxylic acids is 1. The number of carboxylic acid groups (broad SMARTS) is 1. The predicted octanol–water partition coefficient (Wildman–Crippen LogP) is 3.79. The van der Waals surface area contributed by atoms with Gasteiger partial charge in [-0.3, -0.25) is 4.79 Å². The zero-order chi connectivity index (χ0) is 18.7. The molecule has 3 rings (SSSR count). The summed E-state index contributed by atoms with van der Waals surface area (Å²) in [5.74, 6) is -0.723. The summed E-state index contributed by atoms with van der Waals surface area (Å²) >= 11 is 11.9. The zero-order valence-corrected chi connectivity index (χ0v) is 15.1. The van der Waals surface area contributed by atoms with E-state index < -0.39 is 17.9 Å². The molecule has 0 unspecified atom stereocenters. The number of rotatable bonds is 6. The number of aliphatic carboxylic acids is 1. The van der Waals surface area contributed by atoms with Crippen molar-refractivity contribution in [2.75, 3.05) is 6.54 Å². The Morgan fingerprint density at radius 3 is 2.50 bits per heavy atom. The number of hydrogen-bond donors (Lipinski definition) is 1. The van der Waals surface area contributed by atoms with Crippen LogP contribution >= 0.6 is 23.2 Å². The molecule has 0 fully saturated rings. The third kappa shape index (κ3) is 4.18. The van der Waals surface area contributed by atoms with Crippen molar-refractivity contribution in [1.29, 1.82) is 0 Å². The topological polar surface area (TPSA) is 66.8 Å². The molecule has 0 spiro atoms. The zero-order valence-electron chi connectivity index (χ0n) is 13.6. The highest BCUT2D eigenvalue weighted by atomic mass is 35.5. The van der Waals surface area contributed by atoms with Crippen molar-refractivity contribution in [1.82, 2.24) is 4.90 Å². The molecule has 1 N–H and O–H groups in total. The summed E-state index contributed by atoms with van der Waals surface area (Å²) in [7, 11) is 0. The Bertz CT molecular complexity index is 864. The van der Waals surface area contributed by atoms with Crippen LogP contribution in [0, 0.1) is 0 Å². The Kier molecular flexibility index (Phi) is 5.49. The van der Waals surface area contributed by atoms with E-state index in [1.807, 2.05) is 0 Å². The molecule has 134 valence electrons. The molecule has 2 aromatic rings. The van der Waals surface area contributed by atoms with Gasteiger partial charge >= 0.3 is 5.97 Å². The monoisotopic (exact) mass is 391 g/mol. The lowest BCUT2D eigenvalue weighted by Gasteiger charge is -2.24. The van der Waals surface area contributed by atoms with E-state index in [9.17, 15) is 14.7 Å². The van der Waals surface area contributed by atoms with E-state index in [0.29, 0.717) is 21.6 Å². The van der Waals surface area contributed by atoms with Crippen LogP contribution in [0.3, 0.4) is 0 Å². The number of carboxylic acids is 1. The highest BCUT2D eigenvalue weighted by Gasteiger charge is 2.34. The van der Waals surface area contributed by atoms with Gasteiger partial charge < -0.3 is 14.7 Å². The molecule has 0 saturated carbocycles. The Balaban J connectivity index is 1.73. The summed E-state index contributed by atoms with van der Waals surface area (Å²) < 4.78 is 5.66. The fourth-order valence-electron chi connectivity index (χ4n) is 2.68. The summed E-state index contributed by atoms with van der Waals surface area (Å²) in [4.78, 5) is 25.3. The second kappa shape index (κ2) is 7.81. The van der Waals surface area contributed by atoms with E-state index in [0.717, 1.165) is 5.56 Å². The van der Waals surface area contributed by atoms with Crippen LogP contribution in [-0.4, -0.2) is 34.5 Å². The van der Waals surface area contributed by atoms with Crippen LogP contribution < -0.4 is 4.74 Å². The van der Waals surface area contributed by atoms with Crippen LogP contribution in [0.15, 0.2) is 60.4 Å². The molecular formula is C19H15Cl2NO4. The quantitative estimate of drug-likeness (QED) is 0.812. The summed E-state index contributed by atoms with van der Waals surface area (Å²) in [5.41, 5.74) is 0.773. The van der Waals surface area contributed by atoms with Crippen molar-refractivity contribution in [3.8, 4) is 5.75 Å². The number of amides is 1. The second-order valence-corrected chi connectivity index (χ2v) is 6.64. The molecule has 26 heavy (non-hydrogen) atoms. The predicted molar refractivity (Wildman–Crippen MR) is 98.5 cm³/mol. The Labute approximate surface area is 160 Å². The number of para-hydroxylation sites is 1. The van der Waals surface area contributed by atoms with E-state index in [1.165, 1.54) is 11.0 Å². The molecule has 0 bridgehead atoms. The van der Waals surface area contributed by atoms with Crippen molar-refractivity contribution in [3.05, 3.63) is 76.0 Å². The molecule has 5 nitrogen and oxygen atoms in total. The fourth-order valence-corrected chi connectivity index (χ4v) is 2.98. The van der Waals surface area contributed by atoms with Crippen LogP contribution in [0.1, 0.15) is 5.56 Å². The number of ether oxygens (including phenoxy) is 1. The maximum atomic E-state index is 12.3. The van der Waals surface area contributed by atoms with Gasteiger partial charge in [0, 0.05) is 17.5 Å². The minimum absolute atomic E-state index is 0.0641. The summed E-state index contributed by atoms with van der Waals surface area (Å²) in [6, 6.07) is 12.7. The van der Waals surface area contributed by atoms with E-state index >= 15 is 0 Å². The molecule has 1 amide bonds. The highest BCUT2D eigenvalue weighted by molar-refractivity contribution is 6.32. The number of benzene rings is 2. The SMILES string of the molecule is O=C(O)[C@H](Cc1ccc(Cl)cc1)N1CC(Oc2ccccc2Cl)=CC1=O. The van der Waals surface area contributed by atoms with Gasteiger partial charge in [0.2, 0.25) is 0 Å². The maximum absolute atomic E-state index is 12.3. The van der Waals surface area contributed by atoms with Crippen LogP contribution in [0.4, 0.5) is 0 Å². The lowest BCUT2D eigenvalue weighted by molar-refractivity contribution is -0.147. The average molecular weight is 392 g/mol. The van der Waals surface area contributed by atoms with Crippen LogP contribution in [0.25, 0.3) is 0 Å². The summed E-state index contributed by atoms with van der Waals surface area (Å²) in [6.45, 7) is 0.0641. The lowest BCUT2D eigenvalue weighted by atomic mass is 10.0. The molecule has 0 aromatic heterocycles. The molecular weight excluding hydrogens is 377 g/mol. The van der Waals surface area contributed by atoms with Crippen molar-refractivity contribution in [3.63, 3.8) is 0 Å². The van der Waals surface area contributed by atoms with Crippen molar-refractivity contribution >= 4 is 35.1 Å². The third-order valence-electron chi connectivity index (χ3n) is 3.98. The van der Waals surface area contributed by atoms with E-state index in [4.69, 9.17) is 27.9 Å². The first kappa shape index (κ1) is 18.3. The second-order valence-electron chi connectivity index (χ2n) is 5.79. The Hall–Kier alpha value is -2.50. The van der Waals surface area contributed by atoms with Gasteiger partial charge in [0.1, 0.15) is 17.6 Å². The van der Waals surface area contributed by atoms with Gasteiger partial charge in [-0.05, 0) is 29.8 Å². The molecule has 1 heterocycles. The minimum Gasteiger partial charge on any atom is -0.480 e. The number of carbonyl (C=O) groups is 2. The van der Waals surface area contributed by atoms with Gasteiger partial charge in [-0.1, -0.05) is 47.5 Å². The van der Waals surface area contributed by atoms with Crippen molar-refractivity contribution < 1.29 is 19.4 Å². The first-order valence-electron chi connectivity index (χ1n) is 7.85. The Morgan fingerprint density at radius 1 is 1.15 bits per heavy atom. The maximum Gasteiger partial charge on any atom is 0.326 e. The smallest absolute Gasteiger partial charge is 0.326 e. The number of halogens is 2. The molecule has 1 atom stereocenters. The lowest BCUT2D eigenvalue weighted by Crippen LogP contribution is -2.44. The van der Waals surface area contributed by atoms with Gasteiger partial charge in [-0.2, -0.15) is 0 Å².